The first-order chi connectivity index (χ1) is 64.9. The number of hydrogen-bond donors (Lipinski definition) is 0. The minimum absolute atomic E-state index is 0.688. The molecule has 18 aromatic carbocycles. The monoisotopic (exact) mass is 1780 g/mol. The van der Waals surface area contributed by atoms with Gasteiger partial charge in [-0.25, -0.2) is 0 Å². The molecule has 0 atom stereocenters. The van der Waals surface area contributed by atoms with E-state index in [9.17, 15) is 0 Å². The topological polar surface area (TPSA) is 26.3 Å². The highest BCUT2D eigenvalue weighted by Gasteiger charge is 2.24. The largest absolute Gasteiger partial charge is 0.455 e. The van der Waals surface area contributed by atoms with Crippen LogP contribution in [0.4, 0.5) is 0 Å². The highest BCUT2D eigenvalue weighted by atomic mass is 32.1. The Balaban J connectivity index is 0.0000000959. The van der Waals surface area contributed by atoms with Crippen molar-refractivity contribution in [2.75, 3.05) is 0 Å². The van der Waals surface area contributed by atoms with Crippen molar-refractivity contribution in [1.82, 2.24) is 0 Å². The lowest BCUT2D eigenvalue weighted by molar-refractivity contribution is 0.442. The van der Waals surface area contributed by atoms with Crippen LogP contribution in [0.5, 0.6) is 0 Å². The summed E-state index contributed by atoms with van der Waals surface area (Å²) < 4.78 is 23.9. The number of para-hydroxylation sites is 4. The van der Waals surface area contributed by atoms with Gasteiger partial charge in [-0.05, 0) is 181 Å². The van der Waals surface area contributed by atoms with E-state index in [1.807, 2.05) is 51.4 Å². The summed E-state index contributed by atoms with van der Waals surface area (Å²) in [6.45, 7) is 12.9. The normalized spacial score (nSPS) is 13.0. The first-order valence-corrected chi connectivity index (χ1v) is 50.1. The summed E-state index contributed by atoms with van der Waals surface area (Å²) in [5.74, 6) is 1.48. The Morgan fingerprint density at radius 2 is 0.538 bits per heavy atom. The molecule has 0 bridgehead atoms. The molecule has 644 valence electrons. The number of fused-ring (bicyclic) bond motifs is 18. The fourth-order valence-electron chi connectivity index (χ4n) is 20.1. The van der Waals surface area contributed by atoms with Crippen LogP contribution >= 0.6 is 45.3 Å². The lowest BCUT2D eigenvalue weighted by Gasteiger charge is -2.22. The fourth-order valence-corrected chi connectivity index (χ4v) is 25.1. The summed E-state index contributed by atoms with van der Waals surface area (Å²) in [5.41, 5.74) is 30.0. The van der Waals surface area contributed by atoms with Crippen molar-refractivity contribution >= 4 is 170 Å². The highest BCUT2D eigenvalue weighted by molar-refractivity contribution is 7.27. The lowest BCUT2D eigenvalue weighted by atomic mass is 9.83. The van der Waals surface area contributed by atoms with E-state index in [-0.39, 0.29) is 0 Å². The van der Waals surface area contributed by atoms with Crippen LogP contribution in [0, 0.1) is 41.5 Å². The van der Waals surface area contributed by atoms with E-state index in [1.54, 1.807) is 10.3 Å². The molecule has 0 saturated heterocycles. The second kappa shape index (κ2) is 38.1. The van der Waals surface area contributed by atoms with Crippen molar-refractivity contribution in [3.63, 3.8) is 0 Å². The zero-order valence-corrected chi connectivity index (χ0v) is 78.9. The van der Waals surface area contributed by atoms with E-state index in [2.05, 4.69) is 424 Å². The van der Waals surface area contributed by atoms with Crippen molar-refractivity contribution in [2.24, 2.45) is 0 Å². The molecule has 0 amide bonds. The van der Waals surface area contributed by atoms with E-state index in [0.717, 1.165) is 50.1 Å². The summed E-state index contributed by atoms with van der Waals surface area (Å²) >= 11 is 7.66. The molecule has 0 unspecified atom stereocenters. The molecular formula is C126H104O2S4. The molecule has 2 nitrogen and oxygen atoms in total. The predicted molar refractivity (Wildman–Crippen MR) is 577 cm³/mol. The van der Waals surface area contributed by atoms with Gasteiger partial charge in [0.15, 0.2) is 0 Å². The van der Waals surface area contributed by atoms with Gasteiger partial charge in [-0.15, -0.1) is 45.3 Å². The maximum absolute atomic E-state index is 6.45. The molecule has 2 aliphatic rings. The molecule has 0 spiro atoms. The zero-order chi connectivity index (χ0) is 89.1. The van der Waals surface area contributed by atoms with Crippen LogP contribution in [0.2, 0.25) is 0 Å². The number of thiophene rings is 4. The summed E-state index contributed by atoms with van der Waals surface area (Å²) in [6.07, 6.45) is 13.8. The van der Waals surface area contributed by atoms with Crippen LogP contribution in [-0.4, -0.2) is 0 Å². The van der Waals surface area contributed by atoms with Gasteiger partial charge in [-0.1, -0.05) is 425 Å². The number of rotatable bonds is 8. The van der Waals surface area contributed by atoms with Crippen LogP contribution in [0.1, 0.15) is 121 Å². The third-order valence-corrected chi connectivity index (χ3v) is 32.0. The average Bonchev–Trinajstić information content (AvgIpc) is 1.67. The van der Waals surface area contributed by atoms with Crippen LogP contribution < -0.4 is 0 Å². The summed E-state index contributed by atoms with van der Waals surface area (Å²) in [5, 5.41) is 16.0. The van der Waals surface area contributed by atoms with Gasteiger partial charge in [-0.3, -0.25) is 0 Å². The van der Waals surface area contributed by atoms with E-state index >= 15 is 0 Å². The van der Waals surface area contributed by atoms with Crippen LogP contribution in [0.25, 0.3) is 191 Å². The second-order valence-electron chi connectivity index (χ2n) is 35.9. The maximum atomic E-state index is 6.45. The number of furan rings is 2. The Labute approximate surface area is 789 Å². The van der Waals surface area contributed by atoms with Crippen molar-refractivity contribution in [1.29, 1.82) is 0 Å². The lowest BCUT2D eigenvalue weighted by Crippen LogP contribution is -2.04. The van der Waals surface area contributed by atoms with Crippen LogP contribution in [-0.2, 0) is 0 Å². The molecule has 0 aliphatic heterocycles. The van der Waals surface area contributed by atoms with Gasteiger partial charge in [0.25, 0.3) is 0 Å². The van der Waals surface area contributed by atoms with Crippen molar-refractivity contribution in [3.8, 4) is 66.8 Å². The van der Waals surface area contributed by atoms with Gasteiger partial charge in [0.2, 0.25) is 0 Å². The molecule has 2 fully saturated rings. The summed E-state index contributed by atoms with van der Waals surface area (Å²) in [6, 6.07) is 140. The molecule has 26 rings (SSSR count). The molecule has 0 N–H and O–H groups in total. The summed E-state index contributed by atoms with van der Waals surface area (Å²) in [4.78, 5) is 0. The standard InChI is InChI=1S/C25H18O.C25H18S.C19H20O.C19H14S.C19H20S.C19H14S/c2*1-17-13-15-19(16-14-17)21-10-6-12-23-22-11-5-9-20(24(22)26-25(21)23)18-7-3-2-4-8-18;1-13-7-5-11-16-17-12-6-10-15(19(17)20-18(13)16)14-8-3-2-4-9-14;1-13-9-11-14(12-10-13)15-6-4-8-18-19(15)16-5-2-3-7-17(16)20-18;1-13-7-5-11-16-17-12-6-10-15(19(17)20-18(13)16)14-8-3-2-4-9-14;1-13-6-8-14(9-7-13)15-10-11-17-16-4-2-3-5-18(16)20-19(17)12-15/h2*2-16H,1H3;5-7,10-12,14H,2-4,8-9H2,1H3;2-12H,1H3;5-7,10-12,14H,2-4,8-9H2,1H3;2-12H,1H3. The molecule has 132 heavy (non-hydrogen) atoms. The molecule has 0 radical (unpaired) electrons. The Kier molecular flexibility index (Phi) is 24.6. The van der Waals surface area contributed by atoms with Crippen molar-refractivity contribution < 1.29 is 8.83 Å². The van der Waals surface area contributed by atoms with Crippen LogP contribution in [0.15, 0.2) is 397 Å². The third-order valence-electron chi connectivity index (χ3n) is 27.1. The van der Waals surface area contributed by atoms with Gasteiger partial charge in [0, 0.05) is 113 Å². The third kappa shape index (κ3) is 17.3. The number of benzene rings is 18. The van der Waals surface area contributed by atoms with Crippen molar-refractivity contribution in [3.05, 3.63) is 433 Å². The van der Waals surface area contributed by atoms with Crippen molar-refractivity contribution in [2.45, 2.75) is 118 Å². The molecule has 6 aromatic heterocycles. The Morgan fingerprint density at radius 1 is 0.197 bits per heavy atom. The smallest absolute Gasteiger partial charge is 0.143 e. The SMILES string of the molecule is Cc1ccc(-c2ccc3c(c2)sc2ccccc23)cc1.Cc1ccc(-c2cccc3c2oc2c(-c4ccccc4)cccc23)cc1.Cc1ccc(-c2cccc3c2sc2c(-c4ccccc4)cccc23)cc1.Cc1ccc(-c2cccc3sc4ccccc4c23)cc1.Cc1cccc2c1oc1c(C3CCCCC3)cccc12.Cc1cccc2c1sc1c(C3CCCCC3)cccc12. The van der Waals surface area contributed by atoms with Crippen LogP contribution in [0.3, 0.4) is 0 Å². The molecule has 24 aromatic rings. The first-order valence-electron chi connectivity index (χ1n) is 46.9. The Bertz CT molecular complexity index is 7910. The number of aryl methyl sites for hydroxylation is 6. The highest BCUT2D eigenvalue weighted by Crippen LogP contribution is 2.49. The molecule has 6 heteroatoms. The molecule has 2 saturated carbocycles. The zero-order valence-electron chi connectivity index (χ0n) is 75.6. The summed E-state index contributed by atoms with van der Waals surface area (Å²) in [7, 11) is 0. The average molecular weight is 1780 g/mol. The van der Waals surface area contributed by atoms with Gasteiger partial charge in [0.05, 0.1) is 0 Å². The van der Waals surface area contributed by atoms with E-state index < -0.39 is 0 Å². The van der Waals surface area contributed by atoms with E-state index in [0.29, 0.717) is 5.92 Å². The minimum Gasteiger partial charge on any atom is -0.455 e. The number of hydrogen-bond acceptors (Lipinski definition) is 6. The second-order valence-corrected chi connectivity index (χ2v) is 40.1. The van der Waals surface area contributed by atoms with E-state index in [4.69, 9.17) is 8.83 Å². The van der Waals surface area contributed by atoms with Gasteiger partial charge in [0.1, 0.15) is 22.3 Å². The first kappa shape index (κ1) is 85.2. The van der Waals surface area contributed by atoms with Gasteiger partial charge in [-0.2, -0.15) is 0 Å². The maximum Gasteiger partial charge on any atom is 0.143 e. The predicted octanol–water partition coefficient (Wildman–Crippen LogP) is 39.3. The Morgan fingerprint density at radius 3 is 1.10 bits per heavy atom. The molecular weight excluding hydrogens is 1670 g/mol. The fraction of sp³-hybridized carbons (Fsp3) is 0.143. The van der Waals surface area contributed by atoms with Gasteiger partial charge < -0.3 is 8.83 Å². The molecule has 2 aliphatic carbocycles. The van der Waals surface area contributed by atoms with Gasteiger partial charge >= 0.3 is 0 Å². The quantitative estimate of drug-likeness (QED) is 0.152. The molecule has 6 heterocycles. The minimum atomic E-state index is 0.688. The van der Waals surface area contributed by atoms with E-state index in [1.165, 1.54) is 246 Å². The Hall–Kier alpha value is -13.6.